The van der Waals surface area contributed by atoms with Gasteiger partial charge in [-0.25, -0.2) is 0 Å². The van der Waals surface area contributed by atoms with E-state index in [-0.39, 0.29) is 6.04 Å². The molecule has 0 saturated heterocycles. The predicted molar refractivity (Wildman–Crippen MR) is 85.2 cm³/mol. The van der Waals surface area contributed by atoms with E-state index >= 15 is 0 Å². The van der Waals surface area contributed by atoms with E-state index in [0.29, 0.717) is 0 Å². The first-order valence-corrected chi connectivity index (χ1v) is 7.54. The van der Waals surface area contributed by atoms with Crippen LogP contribution in [-0.2, 0) is 12.8 Å². The predicted octanol–water partition coefficient (Wildman–Crippen LogP) is 3.07. The standard InChI is InChI=1S/C18H22N2O/c1-13-4-2-3-5-14(13)6-8-17(20-19)15-7-9-18-16(12-15)10-11-21-18/h2-5,7,9,12,17,20H,6,8,10-11,19H2,1H3. The van der Waals surface area contributed by atoms with Crippen molar-refractivity contribution in [3.8, 4) is 5.75 Å². The van der Waals surface area contributed by atoms with E-state index in [0.717, 1.165) is 31.6 Å². The number of nitrogens with two attached hydrogens (primary N) is 1. The molecule has 0 spiro atoms. The topological polar surface area (TPSA) is 47.3 Å². The molecule has 3 nitrogen and oxygen atoms in total. The van der Waals surface area contributed by atoms with Crippen molar-refractivity contribution >= 4 is 0 Å². The van der Waals surface area contributed by atoms with Crippen LogP contribution < -0.4 is 16.0 Å². The molecule has 1 aliphatic heterocycles. The van der Waals surface area contributed by atoms with Crippen molar-refractivity contribution in [2.24, 2.45) is 5.84 Å². The Morgan fingerprint density at radius 1 is 1.24 bits per heavy atom. The Bertz CT molecular complexity index is 624. The molecule has 3 heteroatoms. The SMILES string of the molecule is Cc1ccccc1CCC(NN)c1ccc2c(c1)CCO2. The zero-order valence-electron chi connectivity index (χ0n) is 12.4. The average molecular weight is 282 g/mol. The Kier molecular flexibility index (Phi) is 4.23. The highest BCUT2D eigenvalue weighted by molar-refractivity contribution is 5.41. The molecule has 1 atom stereocenters. The number of aryl methyl sites for hydroxylation is 2. The normalized spacial score (nSPS) is 14.6. The van der Waals surface area contributed by atoms with Crippen molar-refractivity contribution in [2.45, 2.75) is 32.2 Å². The van der Waals surface area contributed by atoms with Crippen LogP contribution in [0.15, 0.2) is 42.5 Å². The van der Waals surface area contributed by atoms with Crippen LogP contribution in [-0.4, -0.2) is 6.61 Å². The maximum Gasteiger partial charge on any atom is 0.122 e. The second-order valence-electron chi connectivity index (χ2n) is 5.65. The number of hydrazine groups is 1. The Morgan fingerprint density at radius 3 is 2.90 bits per heavy atom. The third-order valence-corrected chi connectivity index (χ3v) is 4.28. The summed E-state index contributed by atoms with van der Waals surface area (Å²) >= 11 is 0. The molecule has 0 aliphatic carbocycles. The van der Waals surface area contributed by atoms with Crippen LogP contribution in [0.1, 0.15) is 34.7 Å². The molecule has 0 amide bonds. The third-order valence-electron chi connectivity index (χ3n) is 4.28. The summed E-state index contributed by atoms with van der Waals surface area (Å²) in [6.45, 7) is 2.95. The summed E-state index contributed by atoms with van der Waals surface area (Å²) in [5, 5.41) is 0. The minimum Gasteiger partial charge on any atom is -0.493 e. The minimum absolute atomic E-state index is 0.176. The van der Waals surface area contributed by atoms with Gasteiger partial charge >= 0.3 is 0 Å². The largest absolute Gasteiger partial charge is 0.493 e. The lowest BCUT2D eigenvalue weighted by atomic mass is 9.96. The first-order chi connectivity index (χ1) is 10.3. The number of rotatable bonds is 5. The molecule has 0 aromatic heterocycles. The quantitative estimate of drug-likeness (QED) is 0.654. The van der Waals surface area contributed by atoms with E-state index in [1.54, 1.807) is 0 Å². The third kappa shape index (κ3) is 3.09. The van der Waals surface area contributed by atoms with Crippen LogP contribution in [0.5, 0.6) is 5.75 Å². The van der Waals surface area contributed by atoms with Crippen molar-refractivity contribution in [1.82, 2.24) is 5.43 Å². The first kappa shape index (κ1) is 14.1. The maximum absolute atomic E-state index is 5.77. The molecular formula is C18H22N2O. The summed E-state index contributed by atoms with van der Waals surface area (Å²) in [6, 6.07) is 15.1. The van der Waals surface area contributed by atoms with Crippen LogP contribution >= 0.6 is 0 Å². The number of fused-ring (bicyclic) bond motifs is 1. The highest BCUT2D eigenvalue weighted by Gasteiger charge is 2.16. The molecule has 0 radical (unpaired) electrons. The molecule has 3 N–H and O–H groups in total. The van der Waals surface area contributed by atoms with Gasteiger partial charge in [0.2, 0.25) is 0 Å². The van der Waals surface area contributed by atoms with Crippen molar-refractivity contribution < 1.29 is 4.74 Å². The van der Waals surface area contributed by atoms with Gasteiger partial charge in [-0.2, -0.15) is 0 Å². The number of benzene rings is 2. The lowest BCUT2D eigenvalue weighted by Gasteiger charge is -2.17. The number of ether oxygens (including phenoxy) is 1. The summed E-state index contributed by atoms with van der Waals surface area (Å²) in [5.41, 5.74) is 8.23. The molecule has 1 unspecified atom stereocenters. The van der Waals surface area contributed by atoms with Crippen LogP contribution in [0, 0.1) is 6.92 Å². The van der Waals surface area contributed by atoms with Gasteiger partial charge in [0, 0.05) is 12.5 Å². The fourth-order valence-electron chi connectivity index (χ4n) is 2.96. The fourth-order valence-corrected chi connectivity index (χ4v) is 2.96. The molecule has 0 saturated carbocycles. The van der Waals surface area contributed by atoms with E-state index in [4.69, 9.17) is 10.6 Å². The molecule has 3 rings (SSSR count). The van der Waals surface area contributed by atoms with Gasteiger partial charge in [-0.3, -0.25) is 11.3 Å². The van der Waals surface area contributed by atoms with Crippen LogP contribution in [0.3, 0.4) is 0 Å². The molecule has 2 aromatic carbocycles. The molecule has 1 aliphatic rings. The van der Waals surface area contributed by atoms with Crippen LogP contribution in [0.2, 0.25) is 0 Å². The Morgan fingerprint density at radius 2 is 2.10 bits per heavy atom. The van der Waals surface area contributed by atoms with Gasteiger partial charge in [-0.1, -0.05) is 36.4 Å². The minimum atomic E-state index is 0.176. The summed E-state index contributed by atoms with van der Waals surface area (Å²) in [6.07, 6.45) is 3.01. The van der Waals surface area contributed by atoms with E-state index < -0.39 is 0 Å². The van der Waals surface area contributed by atoms with Crippen molar-refractivity contribution in [1.29, 1.82) is 0 Å². The number of nitrogens with one attached hydrogen (secondary N) is 1. The zero-order chi connectivity index (χ0) is 14.7. The van der Waals surface area contributed by atoms with Crippen molar-refractivity contribution in [2.75, 3.05) is 6.61 Å². The zero-order valence-corrected chi connectivity index (χ0v) is 12.4. The van der Waals surface area contributed by atoms with Gasteiger partial charge in [-0.15, -0.1) is 0 Å². The molecule has 0 bridgehead atoms. The van der Waals surface area contributed by atoms with E-state index in [1.807, 2.05) is 0 Å². The van der Waals surface area contributed by atoms with Gasteiger partial charge in [0.25, 0.3) is 0 Å². The Balaban J connectivity index is 1.72. The second-order valence-corrected chi connectivity index (χ2v) is 5.65. The second kappa shape index (κ2) is 6.29. The average Bonchev–Trinajstić information content (AvgIpc) is 2.97. The molecule has 0 fully saturated rings. The summed E-state index contributed by atoms with van der Waals surface area (Å²) in [7, 11) is 0. The van der Waals surface area contributed by atoms with Gasteiger partial charge < -0.3 is 4.74 Å². The van der Waals surface area contributed by atoms with E-state index in [9.17, 15) is 0 Å². The molecule has 1 heterocycles. The highest BCUT2D eigenvalue weighted by atomic mass is 16.5. The van der Waals surface area contributed by atoms with Gasteiger partial charge in [0.15, 0.2) is 0 Å². The first-order valence-electron chi connectivity index (χ1n) is 7.54. The summed E-state index contributed by atoms with van der Waals surface area (Å²) < 4.78 is 5.56. The smallest absolute Gasteiger partial charge is 0.122 e. The van der Waals surface area contributed by atoms with Crippen LogP contribution in [0.25, 0.3) is 0 Å². The highest BCUT2D eigenvalue weighted by Crippen LogP contribution is 2.29. The summed E-state index contributed by atoms with van der Waals surface area (Å²) in [5.74, 6) is 6.79. The van der Waals surface area contributed by atoms with Crippen molar-refractivity contribution in [3.05, 3.63) is 64.7 Å². The maximum atomic E-state index is 5.77. The van der Waals surface area contributed by atoms with Gasteiger partial charge in [-0.05, 0) is 48.1 Å². The molecule has 2 aromatic rings. The van der Waals surface area contributed by atoms with Gasteiger partial charge in [0.1, 0.15) is 5.75 Å². The molecular weight excluding hydrogens is 260 g/mol. The summed E-state index contributed by atoms with van der Waals surface area (Å²) in [4.78, 5) is 0. The molecule has 110 valence electrons. The van der Waals surface area contributed by atoms with E-state index in [2.05, 4.69) is 54.8 Å². The van der Waals surface area contributed by atoms with E-state index in [1.165, 1.54) is 22.3 Å². The lowest BCUT2D eigenvalue weighted by molar-refractivity contribution is 0.356. The number of hydrogen-bond donors (Lipinski definition) is 2. The fraction of sp³-hybridized carbons (Fsp3) is 0.333. The van der Waals surface area contributed by atoms with Gasteiger partial charge in [0.05, 0.1) is 6.61 Å². The molecule has 21 heavy (non-hydrogen) atoms. The lowest BCUT2D eigenvalue weighted by Crippen LogP contribution is -2.28. The Labute approximate surface area is 126 Å². The Hall–Kier alpha value is -1.84. The number of hydrogen-bond acceptors (Lipinski definition) is 3. The van der Waals surface area contributed by atoms with Crippen molar-refractivity contribution in [3.63, 3.8) is 0 Å². The monoisotopic (exact) mass is 282 g/mol. The van der Waals surface area contributed by atoms with Crippen LogP contribution in [0.4, 0.5) is 0 Å².